The first-order valence-corrected chi connectivity index (χ1v) is 13.6. The molecule has 0 aliphatic heterocycles. The van der Waals surface area contributed by atoms with E-state index < -0.39 is 0 Å². The summed E-state index contributed by atoms with van der Waals surface area (Å²) in [6.45, 7) is 4.55. The van der Waals surface area contributed by atoms with Crippen LogP contribution in [-0.2, 0) is 14.4 Å². The summed E-state index contributed by atoms with van der Waals surface area (Å²) in [5.41, 5.74) is 11.1. The molecule has 4 aliphatic carbocycles. The van der Waals surface area contributed by atoms with E-state index in [1.54, 1.807) is 0 Å². The van der Waals surface area contributed by atoms with Crippen LogP contribution in [0.3, 0.4) is 0 Å². The molecule has 10 heteroatoms. The summed E-state index contributed by atoms with van der Waals surface area (Å²) in [4.78, 5) is 38.4. The van der Waals surface area contributed by atoms with Gasteiger partial charge in [-0.25, -0.2) is 0 Å². The van der Waals surface area contributed by atoms with Gasteiger partial charge in [-0.05, 0) is 56.3 Å². The molecule has 4 bridgehead atoms. The van der Waals surface area contributed by atoms with E-state index in [4.69, 9.17) is 11.5 Å². The van der Waals surface area contributed by atoms with Gasteiger partial charge in [0.1, 0.15) is 0 Å². The maximum absolute atomic E-state index is 12.5. The zero-order valence-electron chi connectivity index (χ0n) is 21.3. The van der Waals surface area contributed by atoms with Crippen molar-refractivity contribution in [1.29, 1.82) is 0 Å². The molecule has 4 fully saturated rings. The first kappa shape index (κ1) is 27.8. The molecule has 35 heavy (non-hydrogen) atoms. The Hall–Kier alpha value is -1.75. The fraction of sp³-hybridized carbons (Fsp3) is 0.880. The van der Waals surface area contributed by atoms with E-state index in [2.05, 4.69) is 21.3 Å². The molecular weight excluding hydrogens is 446 g/mol. The van der Waals surface area contributed by atoms with E-state index in [0.717, 1.165) is 24.3 Å². The molecule has 4 aliphatic rings. The Balaban J connectivity index is 1.34. The maximum Gasteiger partial charge on any atom is 0.221 e. The standard InChI is InChI=1S/C25H47N7O3/c26-4-7-28-23(34)2-10-32(11-3-24(35)29-8-5-27)12-9-30-22(33)1-6-31-25-16-19-13-20(17-25)15-21(14-19)18-25/h19-21,31H,1-18,26-27H2,(H,28,34)(H,29,35)(H,30,33). The van der Waals surface area contributed by atoms with Crippen molar-refractivity contribution in [2.24, 2.45) is 29.2 Å². The molecule has 0 aromatic carbocycles. The molecule has 0 aromatic heterocycles. The molecule has 0 atom stereocenters. The number of rotatable bonds is 17. The lowest BCUT2D eigenvalue weighted by Crippen LogP contribution is -2.58. The number of nitrogens with two attached hydrogens (primary N) is 2. The van der Waals surface area contributed by atoms with Gasteiger partial charge in [-0.1, -0.05) is 0 Å². The Morgan fingerprint density at radius 3 is 1.60 bits per heavy atom. The van der Waals surface area contributed by atoms with Gasteiger partial charge in [0.05, 0.1) is 0 Å². The molecule has 4 saturated carbocycles. The third-order valence-corrected chi connectivity index (χ3v) is 7.88. The number of hydrogen-bond acceptors (Lipinski definition) is 7. The van der Waals surface area contributed by atoms with Gasteiger partial charge >= 0.3 is 0 Å². The minimum atomic E-state index is -0.0622. The van der Waals surface area contributed by atoms with Crippen LogP contribution in [-0.4, -0.2) is 87.1 Å². The predicted molar refractivity (Wildman–Crippen MR) is 136 cm³/mol. The Morgan fingerprint density at radius 2 is 1.11 bits per heavy atom. The molecule has 0 aromatic rings. The fourth-order valence-corrected chi connectivity index (χ4v) is 6.66. The van der Waals surface area contributed by atoms with E-state index in [0.29, 0.717) is 71.6 Å². The fourth-order valence-electron chi connectivity index (χ4n) is 6.66. The summed E-state index contributed by atoms with van der Waals surface area (Å²) < 4.78 is 0. The van der Waals surface area contributed by atoms with Crippen LogP contribution in [0.5, 0.6) is 0 Å². The SMILES string of the molecule is NCCNC(=O)CCN(CCNC(=O)CCNC12CC3CC(CC(C3)C1)C2)CCC(=O)NCCN. The second-order valence-corrected chi connectivity index (χ2v) is 10.8. The van der Waals surface area contributed by atoms with Gasteiger partial charge in [-0.2, -0.15) is 0 Å². The largest absolute Gasteiger partial charge is 0.355 e. The van der Waals surface area contributed by atoms with Crippen LogP contribution in [0.4, 0.5) is 0 Å². The molecule has 200 valence electrons. The van der Waals surface area contributed by atoms with Crippen LogP contribution in [0.15, 0.2) is 0 Å². The number of carbonyl (C=O) groups excluding carboxylic acids is 3. The molecule has 4 rings (SSSR count). The van der Waals surface area contributed by atoms with Crippen LogP contribution in [0.2, 0.25) is 0 Å². The highest BCUT2D eigenvalue weighted by atomic mass is 16.2. The van der Waals surface area contributed by atoms with Gasteiger partial charge in [0, 0.05) is 83.7 Å². The lowest BCUT2D eigenvalue weighted by Gasteiger charge is -2.57. The lowest BCUT2D eigenvalue weighted by atomic mass is 9.53. The number of amides is 3. The minimum Gasteiger partial charge on any atom is -0.355 e. The summed E-state index contributed by atoms with van der Waals surface area (Å²) in [5, 5.41) is 12.3. The summed E-state index contributed by atoms with van der Waals surface area (Å²) >= 11 is 0. The van der Waals surface area contributed by atoms with Crippen LogP contribution in [0.1, 0.15) is 57.8 Å². The average Bonchev–Trinajstić information content (AvgIpc) is 2.81. The number of hydrogen-bond donors (Lipinski definition) is 6. The van der Waals surface area contributed by atoms with Crippen LogP contribution in [0.25, 0.3) is 0 Å². The Morgan fingerprint density at radius 1 is 0.657 bits per heavy atom. The van der Waals surface area contributed by atoms with Crippen molar-refractivity contribution >= 4 is 17.7 Å². The summed E-state index contributed by atoms with van der Waals surface area (Å²) in [6, 6.07) is 0. The van der Waals surface area contributed by atoms with E-state index in [1.165, 1.54) is 38.5 Å². The molecule has 10 nitrogen and oxygen atoms in total. The maximum atomic E-state index is 12.5. The van der Waals surface area contributed by atoms with E-state index >= 15 is 0 Å². The molecule has 0 radical (unpaired) electrons. The smallest absolute Gasteiger partial charge is 0.221 e. The summed E-state index contributed by atoms with van der Waals surface area (Å²) in [5.74, 6) is 2.60. The second-order valence-electron chi connectivity index (χ2n) is 10.8. The summed E-state index contributed by atoms with van der Waals surface area (Å²) in [6.07, 6.45) is 9.24. The first-order chi connectivity index (χ1) is 16.9. The van der Waals surface area contributed by atoms with E-state index in [9.17, 15) is 14.4 Å². The molecule has 8 N–H and O–H groups in total. The number of nitrogens with one attached hydrogen (secondary N) is 4. The molecule has 0 saturated heterocycles. The normalized spacial score (nSPS) is 26.7. The van der Waals surface area contributed by atoms with Gasteiger partial charge < -0.3 is 37.6 Å². The van der Waals surface area contributed by atoms with Crippen molar-refractivity contribution in [2.45, 2.75) is 63.3 Å². The Bertz CT molecular complexity index is 643. The monoisotopic (exact) mass is 493 g/mol. The highest BCUT2D eigenvalue weighted by Crippen LogP contribution is 2.55. The van der Waals surface area contributed by atoms with E-state index in [-0.39, 0.29) is 23.3 Å². The molecule has 0 unspecified atom stereocenters. The second kappa shape index (κ2) is 14.1. The van der Waals surface area contributed by atoms with Crippen molar-refractivity contribution in [3.05, 3.63) is 0 Å². The third-order valence-electron chi connectivity index (χ3n) is 7.88. The average molecular weight is 494 g/mol. The molecule has 3 amide bonds. The van der Waals surface area contributed by atoms with Gasteiger partial charge in [-0.3, -0.25) is 14.4 Å². The van der Waals surface area contributed by atoms with Crippen molar-refractivity contribution < 1.29 is 14.4 Å². The quantitative estimate of drug-likeness (QED) is 0.156. The van der Waals surface area contributed by atoms with E-state index in [1.807, 2.05) is 4.90 Å². The minimum absolute atomic E-state index is 0.0450. The van der Waals surface area contributed by atoms with Gasteiger partial charge in [0.25, 0.3) is 0 Å². The highest BCUT2D eigenvalue weighted by molar-refractivity contribution is 5.77. The first-order valence-electron chi connectivity index (χ1n) is 13.6. The topological polar surface area (TPSA) is 155 Å². The highest BCUT2D eigenvalue weighted by Gasteiger charge is 2.50. The van der Waals surface area contributed by atoms with Crippen molar-refractivity contribution in [2.75, 3.05) is 58.9 Å². The van der Waals surface area contributed by atoms with Crippen molar-refractivity contribution in [1.82, 2.24) is 26.2 Å². The van der Waals surface area contributed by atoms with Crippen LogP contribution >= 0.6 is 0 Å². The Labute approximate surface area is 210 Å². The van der Waals surface area contributed by atoms with Gasteiger partial charge in [0.15, 0.2) is 0 Å². The third kappa shape index (κ3) is 9.33. The van der Waals surface area contributed by atoms with Gasteiger partial charge in [-0.15, -0.1) is 0 Å². The lowest BCUT2D eigenvalue weighted by molar-refractivity contribution is -0.123. The van der Waals surface area contributed by atoms with Gasteiger partial charge in [0.2, 0.25) is 17.7 Å². The zero-order chi connectivity index (χ0) is 25.1. The van der Waals surface area contributed by atoms with Crippen molar-refractivity contribution in [3.63, 3.8) is 0 Å². The number of nitrogens with zero attached hydrogens (tertiary/aromatic N) is 1. The molecular formula is C25H47N7O3. The summed E-state index contributed by atoms with van der Waals surface area (Å²) in [7, 11) is 0. The zero-order valence-corrected chi connectivity index (χ0v) is 21.3. The van der Waals surface area contributed by atoms with Crippen molar-refractivity contribution in [3.8, 4) is 0 Å². The Kier molecular flexibility index (Phi) is 11.2. The number of carbonyl (C=O) groups is 3. The van der Waals surface area contributed by atoms with Crippen LogP contribution < -0.4 is 32.7 Å². The molecule has 0 spiro atoms. The molecule has 0 heterocycles. The van der Waals surface area contributed by atoms with Crippen LogP contribution in [0, 0.1) is 17.8 Å². The predicted octanol–water partition coefficient (Wildman–Crippen LogP) is -0.717.